The number of nitrogens with zero attached hydrogens (tertiary/aromatic N) is 4. The Morgan fingerprint density at radius 1 is 1.45 bits per heavy atom. The van der Waals surface area contributed by atoms with E-state index in [2.05, 4.69) is 15.5 Å². The van der Waals surface area contributed by atoms with Crippen LogP contribution in [0.4, 0.5) is 10.7 Å². The molecule has 2 heterocycles. The zero-order chi connectivity index (χ0) is 14.7. The number of carboxylic acid groups (broad SMARTS) is 1. The number of pyridine rings is 1. The molecule has 0 spiro atoms. The number of carbonyl (C=O) groups excluding carboxylic acids is 1. The largest absolute Gasteiger partial charge is 0.481 e. The molecule has 2 amide bonds. The van der Waals surface area contributed by atoms with Gasteiger partial charge in [-0.2, -0.15) is 0 Å². The molecule has 0 aliphatic heterocycles. The first kappa shape index (κ1) is 13.8. The number of aliphatic carboxylic acids is 1. The lowest BCUT2D eigenvalue weighted by molar-refractivity contribution is -0.141. The Kier molecular flexibility index (Phi) is 3.83. The van der Waals surface area contributed by atoms with Crippen LogP contribution in [0.2, 0.25) is 0 Å². The lowest BCUT2D eigenvalue weighted by atomic mass is 10.2. The van der Waals surface area contributed by atoms with Gasteiger partial charge in [-0.05, 0) is 12.1 Å². The van der Waals surface area contributed by atoms with Gasteiger partial charge in [0.25, 0.3) is 0 Å². The lowest BCUT2D eigenvalue weighted by Crippen LogP contribution is -2.37. The van der Waals surface area contributed by atoms with Crippen molar-refractivity contribution in [2.45, 2.75) is 6.92 Å². The van der Waals surface area contributed by atoms with Gasteiger partial charge in [0.1, 0.15) is 0 Å². The summed E-state index contributed by atoms with van der Waals surface area (Å²) < 4.78 is 1.63. The third kappa shape index (κ3) is 2.85. The summed E-state index contributed by atoms with van der Waals surface area (Å²) in [4.78, 5) is 24.0. The van der Waals surface area contributed by atoms with Crippen LogP contribution in [-0.4, -0.2) is 50.2 Å². The van der Waals surface area contributed by atoms with Gasteiger partial charge in [-0.25, -0.2) is 4.79 Å². The van der Waals surface area contributed by atoms with Crippen LogP contribution < -0.4 is 5.32 Å². The maximum absolute atomic E-state index is 12.0. The molecular formula is C12H15N5O3. The normalized spacial score (nSPS) is 12.1. The minimum Gasteiger partial charge on any atom is -0.481 e. The average Bonchev–Trinajstić information content (AvgIpc) is 2.82. The Morgan fingerprint density at radius 2 is 2.20 bits per heavy atom. The minimum absolute atomic E-state index is 0.109. The van der Waals surface area contributed by atoms with Gasteiger partial charge in [-0.15, -0.1) is 10.2 Å². The molecule has 0 bridgehead atoms. The van der Waals surface area contributed by atoms with Crippen molar-refractivity contribution >= 4 is 23.6 Å². The molecule has 0 fully saturated rings. The van der Waals surface area contributed by atoms with Crippen molar-refractivity contribution < 1.29 is 14.7 Å². The molecule has 1 unspecified atom stereocenters. The predicted octanol–water partition coefficient (Wildman–Crippen LogP) is 0.914. The highest BCUT2D eigenvalue weighted by Crippen LogP contribution is 2.08. The summed E-state index contributed by atoms with van der Waals surface area (Å²) in [6, 6.07) is 4.94. The topological polar surface area (TPSA) is 99.8 Å². The monoisotopic (exact) mass is 277 g/mol. The first-order valence-electron chi connectivity index (χ1n) is 6.03. The van der Waals surface area contributed by atoms with E-state index in [1.807, 2.05) is 6.07 Å². The van der Waals surface area contributed by atoms with E-state index in [4.69, 9.17) is 5.11 Å². The number of hydrogen-bond acceptors (Lipinski definition) is 4. The van der Waals surface area contributed by atoms with E-state index >= 15 is 0 Å². The number of fused-ring (bicyclic) bond motifs is 1. The maximum Gasteiger partial charge on any atom is 0.323 e. The van der Waals surface area contributed by atoms with E-state index in [0.29, 0.717) is 11.6 Å². The van der Waals surface area contributed by atoms with Crippen molar-refractivity contribution in [3.63, 3.8) is 0 Å². The van der Waals surface area contributed by atoms with Crippen LogP contribution in [0.1, 0.15) is 6.92 Å². The molecule has 20 heavy (non-hydrogen) atoms. The zero-order valence-corrected chi connectivity index (χ0v) is 11.1. The fourth-order valence-corrected chi connectivity index (χ4v) is 1.69. The Labute approximate surface area is 115 Å². The smallest absolute Gasteiger partial charge is 0.323 e. The molecule has 0 saturated carbocycles. The van der Waals surface area contributed by atoms with E-state index in [-0.39, 0.29) is 6.54 Å². The van der Waals surface area contributed by atoms with Gasteiger partial charge in [-0.3, -0.25) is 14.5 Å². The fourth-order valence-electron chi connectivity index (χ4n) is 1.69. The molecule has 106 valence electrons. The van der Waals surface area contributed by atoms with Crippen molar-refractivity contribution in [2.75, 3.05) is 18.9 Å². The summed E-state index contributed by atoms with van der Waals surface area (Å²) in [6.07, 6.45) is 1.73. The molecule has 0 aliphatic carbocycles. The molecule has 0 aromatic carbocycles. The molecule has 0 saturated heterocycles. The molecule has 0 aliphatic rings. The summed E-state index contributed by atoms with van der Waals surface area (Å²) >= 11 is 0. The summed E-state index contributed by atoms with van der Waals surface area (Å²) in [7, 11) is 1.53. The highest BCUT2D eigenvalue weighted by molar-refractivity contribution is 5.88. The third-order valence-corrected chi connectivity index (χ3v) is 2.85. The number of anilines is 1. The van der Waals surface area contributed by atoms with Crippen molar-refractivity contribution in [3.05, 3.63) is 24.4 Å². The lowest BCUT2D eigenvalue weighted by Gasteiger charge is -2.19. The van der Waals surface area contributed by atoms with Crippen LogP contribution >= 0.6 is 0 Å². The first-order chi connectivity index (χ1) is 9.49. The van der Waals surface area contributed by atoms with E-state index in [1.54, 1.807) is 29.7 Å². The van der Waals surface area contributed by atoms with Gasteiger partial charge in [0.05, 0.1) is 5.92 Å². The van der Waals surface area contributed by atoms with Crippen molar-refractivity contribution in [2.24, 2.45) is 5.92 Å². The molecule has 2 rings (SSSR count). The van der Waals surface area contributed by atoms with Crippen LogP contribution in [0, 0.1) is 5.92 Å². The number of urea groups is 1. The number of carboxylic acids is 1. The van der Waals surface area contributed by atoms with Crippen molar-refractivity contribution in [1.29, 1.82) is 0 Å². The van der Waals surface area contributed by atoms with Crippen molar-refractivity contribution in [1.82, 2.24) is 19.5 Å². The molecule has 2 N–H and O–H groups in total. The van der Waals surface area contributed by atoms with E-state index in [1.165, 1.54) is 11.9 Å². The van der Waals surface area contributed by atoms with Crippen LogP contribution in [0.25, 0.3) is 5.65 Å². The average molecular weight is 277 g/mol. The van der Waals surface area contributed by atoms with E-state index in [0.717, 1.165) is 0 Å². The number of amides is 2. The first-order valence-corrected chi connectivity index (χ1v) is 6.03. The minimum atomic E-state index is -0.947. The molecule has 8 heteroatoms. The van der Waals surface area contributed by atoms with E-state index in [9.17, 15) is 9.59 Å². The highest BCUT2D eigenvalue weighted by atomic mass is 16.4. The number of rotatable bonds is 4. The van der Waals surface area contributed by atoms with E-state index < -0.39 is 17.9 Å². The molecule has 1 atom stereocenters. The van der Waals surface area contributed by atoms with Gasteiger partial charge >= 0.3 is 12.0 Å². The highest BCUT2D eigenvalue weighted by Gasteiger charge is 2.18. The fraction of sp³-hybridized carbons (Fsp3) is 0.333. The van der Waals surface area contributed by atoms with Gasteiger partial charge in [0.2, 0.25) is 5.95 Å². The molecular weight excluding hydrogens is 262 g/mol. The second-order valence-corrected chi connectivity index (χ2v) is 4.50. The molecule has 2 aromatic rings. The number of carbonyl (C=O) groups is 2. The summed E-state index contributed by atoms with van der Waals surface area (Å²) in [5.74, 6) is -1.29. The van der Waals surface area contributed by atoms with Crippen LogP contribution in [0.3, 0.4) is 0 Å². The van der Waals surface area contributed by atoms with Gasteiger partial charge in [0, 0.05) is 19.8 Å². The SMILES string of the molecule is CC(CN(C)C(=O)Nc1nnc2ccccn12)C(=O)O. The second-order valence-electron chi connectivity index (χ2n) is 4.50. The standard InChI is InChI=1S/C12H15N5O3/c1-8(10(18)19)7-16(2)12(20)13-11-15-14-9-5-3-4-6-17(9)11/h3-6,8H,7H2,1-2H3,(H,18,19)(H,13,15,20). The predicted molar refractivity (Wildman–Crippen MR) is 71.4 cm³/mol. The second kappa shape index (κ2) is 5.55. The zero-order valence-electron chi connectivity index (χ0n) is 11.1. The quantitative estimate of drug-likeness (QED) is 0.865. The number of nitrogens with one attached hydrogen (secondary N) is 1. The molecule has 0 radical (unpaired) electrons. The van der Waals surface area contributed by atoms with Crippen LogP contribution in [0.5, 0.6) is 0 Å². The van der Waals surface area contributed by atoms with Crippen LogP contribution in [0.15, 0.2) is 24.4 Å². The van der Waals surface area contributed by atoms with Gasteiger partial charge < -0.3 is 10.0 Å². The van der Waals surface area contributed by atoms with Crippen molar-refractivity contribution in [3.8, 4) is 0 Å². The number of hydrogen-bond donors (Lipinski definition) is 2. The Bertz CT molecular complexity index is 639. The Balaban J connectivity index is 2.06. The number of aromatic nitrogens is 3. The third-order valence-electron chi connectivity index (χ3n) is 2.85. The molecule has 2 aromatic heterocycles. The Morgan fingerprint density at radius 3 is 2.90 bits per heavy atom. The van der Waals surface area contributed by atoms with Gasteiger partial charge in [-0.1, -0.05) is 13.0 Å². The maximum atomic E-state index is 12.0. The Hall–Kier alpha value is -2.64. The van der Waals surface area contributed by atoms with Gasteiger partial charge in [0.15, 0.2) is 5.65 Å². The summed E-state index contributed by atoms with van der Waals surface area (Å²) in [6.45, 7) is 1.65. The molecule has 8 nitrogen and oxygen atoms in total. The summed E-state index contributed by atoms with van der Waals surface area (Å²) in [5.41, 5.74) is 0.615. The van der Waals surface area contributed by atoms with Crippen LogP contribution in [-0.2, 0) is 4.79 Å². The summed E-state index contributed by atoms with van der Waals surface area (Å²) in [5, 5.41) is 19.2.